The van der Waals surface area contributed by atoms with Crippen LogP contribution in [0.5, 0.6) is 0 Å². The molecule has 0 bridgehead atoms. The molecule has 2 heterocycles. The summed E-state index contributed by atoms with van der Waals surface area (Å²) >= 11 is 0. The van der Waals surface area contributed by atoms with Gasteiger partial charge in [-0.05, 0) is 19.1 Å². The molecular weight excluding hydrogens is 404 g/mol. The number of Topliss-reactive ketones (excluding diaryl/α,β-unsaturated/α-hetero) is 2. The largest absolute Gasteiger partial charge is 0.478 e. The summed E-state index contributed by atoms with van der Waals surface area (Å²) in [5, 5.41) is 18.6. The first-order valence-electron chi connectivity index (χ1n) is 8.32. The zero-order valence-corrected chi connectivity index (χ0v) is 15.2. The number of hydrogen-bond acceptors (Lipinski definition) is 9. The lowest BCUT2D eigenvalue weighted by atomic mass is 9.88. The minimum absolute atomic E-state index is 0.0733. The number of H-pyrrole nitrogens is 1. The number of esters is 2. The topological polar surface area (TPSA) is 190 Å². The highest BCUT2D eigenvalue weighted by Gasteiger charge is 2.38. The lowest BCUT2D eigenvalue weighted by Gasteiger charge is -2.16. The average molecular weight is 416 g/mol. The molecule has 12 nitrogen and oxygen atoms in total. The highest BCUT2D eigenvalue weighted by Crippen LogP contribution is 2.36. The third-order valence-electron chi connectivity index (χ3n) is 4.05. The minimum atomic E-state index is -1.60. The number of nitrogens with one attached hydrogen (secondary N) is 1. The Labute approximate surface area is 166 Å². The van der Waals surface area contributed by atoms with Crippen LogP contribution in [0.3, 0.4) is 0 Å². The van der Waals surface area contributed by atoms with Crippen LogP contribution in [0.4, 0.5) is 0 Å². The predicted octanol–water partition coefficient (Wildman–Crippen LogP) is 0.572. The van der Waals surface area contributed by atoms with Crippen LogP contribution in [-0.2, 0) is 14.3 Å². The monoisotopic (exact) mass is 416 g/mol. The Morgan fingerprint density at radius 1 is 1.03 bits per heavy atom. The molecule has 2 aromatic heterocycles. The number of carbonyl (C=O) groups excluding carboxylic acids is 4. The molecule has 0 saturated heterocycles. The van der Waals surface area contributed by atoms with Gasteiger partial charge in [-0.25, -0.2) is 24.2 Å². The van der Waals surface area contributed by atoms with Gasteiger partial charge in [-0.2, -0.15) is 0 Å². The summed E-state index contributed by atoms with van der Waals surface area (Å²) in [6.07, 6.45) is 0. The second-order valence-corrected chi connectivity index (χ2v) is 5.90. The number of fused-ring (bicyclic) bond motifs is 3. The molecule has 0 spiro atoms. The quantitative estimate of drug-likeness (QED) is 0.441. The van der Waals surface area contributed by atoms with Crippen molar-refractivity contribution in [2.45, 2.75) is 6.92 Å². The molecule has 0 atom stereocenters. The molecule has 3 rings (SSSR count). The third kappa shape index (κ3) is 3.41. The number of ether oxygens (including phenoxy) is 2. The van der Waals surface area contributed by atoms with Gasteiger partial charge >= 0.3 is 23.9 Å². The lowest BCUT2D eigenvalue weighted by molar-refractivity contribution is -0.146. The van der Waals surface area contributed by atoms with Crippen LogP contribution in [0.25, 0.3) is 11.3 Å². The van der Waals surface area contributed by atoms with Gasteiger partial charge in [0.2, 0.25) is 5.78 Å². The van der Waals surface area contributed by atoms with Gasteiger partial charge in [-0.15, -0.1) is 0 Å². The first-order chi connectivity index (χ1) is 14.1. The van der Waals surface area contributed by atoms with Gasteiger partial charge in [0.1, 0.15) is 17.1 Å². The molecule has 1 aliphatic carbocycles. The highest BCUT2D eigenvalue weighted by molar-refractivity contribution is 6.52. The zero-order valence-electron chi connectivity index (χ0n) is 15.2. The molecule has 0 aliphatic heterocycles. The van der Waals surface area contributed by atoms with Crippen LogP contribution in [0.15, 0.2) is 12.1 Å². The van der Waals surface area contributed by atoms with Gasteiger partial charge in [0, 0.05) is 5.56 Å². The fourth-order valence-electron chi connectivity index (χ4n) is 2.82. The number of pyridine rings is 1. The molecule has 30 heavy (non-hydrogen) atoms. The van der Waals surface area contributed by atoms with E-state index in [4.69, 9.17) is 9.84 Å². The molecule has 154 valence electrons. The lowest BCUT2D eigenvalue weighted by Crippen LogP contribution is -2.25. The van der Waals surface area contributed by atoms with E-state index in [-0.39, 0.29) is 29.1 Å². The van der Waals surface area contributed by atoms with Gasteiger partial charge in [-0.3, -0.25) is 9.59 Å². The van der Waals surface area contributed by atoms with Gasteiger partial charge in [0.05, 0.1) is 23.4 Å². The Kier molecular flexibility index (Phi) is 5.15. The predicted molar refractivity (Wildman–Crippen MR) is 93.5 cm³/mol. The van der Waals surface area contributed by atoms with Crippen molar-refractivity contribution in [2.75, 3.05) is 13.2 Å². The normalized spacial score (nSPS) is 12.0. The summed E-state index contributed by atoms with van der Waals surface area (Å²) < 4.78 is 9.36. The minimum Gasteiger partial charge on any atom is -0.478 e. The van der Waals surface area contributed by atoms with Crippen molar-refractivity contribution in [2.24, 2.45) is 0 Å². The molecule has 2 aromatic rings. The molecule has 1 aliphatic rings. The first kappa shape index (κ1) is 20.4. The SMILES string of the molecule is CCOC(=O)COC(=O)c1cc2c([nH]1)-c1c(C(=O)O)cc(C(=O)O)nc1C(=O)C2=O. The highest BCUT2D eigenvalue weighted by atomic mass is 16.6. The molecule has 12 heteroatoms. The van der Waals surface area contributed by atoms with Crippen molar-refractivity contribution in [3.05, 3.63) is 40.3 Å². The summed E-state index contributed by atoms with van der Waals surface area (Å²) in [6.45, 7) is 0.927. The smallest absolute Gasteiger partial charge is 0.355 e. The van der Waals surface area contributed by atoms with Crippen molar-refractivity contribution in [1.82, 2.24) is 9.97 Å². The van der Waals surface area contributed by atoms with E-state index in [9.17, 15) is 33.9 Å². The van der Waals surface area contributed by atoms with E-state index in [0.29, 0.717) is 0 Å². The molecule has 0 amide bonds. The van der Waals surface area contributed by atoms with Gasteiger partial charge in [0.15, 0.2) is 6.61 Å². The molecule has 0 fully saturated rings. The summed E-state index contributed by atoms with van der Waals surface area (Å²) in [7, 11) is 0. The van der Waals surface area contributed by atoms with Crippen LogP contribution in [0, 0.1) is 0 Å². The Balaban J connectivity index is 2.10. The number of aromatic carboxylic acids is 2. The fourth-order valence-corrected chi connectivity index (χ4v) is 2.82. The maximum absolute atomic E-state index is 12.4. The van der Waals surface area contributed by atoms with Crippen molar-refractivity contribution >= 4 is 35.4 Å². The number of carbonyl (C=O) groups is 6. The van der Waals surface area contributed by atoms with E-state index < -0.39 is 59.0 Å². The van der Waals surface area contributed by atoms with E-state index in [0.717, 1.165) is 12.1 Å². The summed E-state index contributed by atoms with van der Waals surface area (Å²) in [6, 6.07) is 1.71. The van der Waals surface area contributed by atoms with Crippen molar-refractivity contribution in [3.63, 3.8) is 0 Å². The van der Waals surface area contributed by atoms with Crippen molar-refractivity contribution in [3.8, 4) is 11.3 Å². The molecule has 0 unspecified atom stereocenters. The van der Waals surface area contributed by atoms with Crippen LogP contribution < -0.4 is 0 Å². The van der Waals surface area contributed by atoms with E-state index in [1.807, 2.05) is 0 Å². The summed E-state index contributed by atoms with van der Waals surface area (Å²) in [5.41, 5.74) is -3.21. The third-order valence-corrected chi connectivity index (χ3v) is 4.05. The number of aromatic amines is 1. The number of rotatable bonds is 6. The second-order valence-electron chi connectivity index (χ2n) is 5.90. The molecule has 3 N–H and O–H groups in total. The fraction of sp³-hybridized carbons (Fsp3) is 0.167. The van der Waals surface area contributed by atoms with Crippen LogP contribution in [0.1, 0.15) is 59.1 Å². The first-order valence-corrected chi connectivity index (χ1v) is 8.32. The second kappa shape index (κ2) is 7.58. The van der Waals surface area contributed by atoms with Crippen molar-refractivity contribution in [1.29, 1.82) is 0 Å². The maximum Gasteiger partial charge on any atom is 0.355 e. The van der Waals surface area contributed by atoms with Gasteiger partial charge in [-0.1, -0.05) is 0 Å². The Bertz CT molecular complexity index is 1140. The van der Waals surface area contributed by atoms with Gasteiger partial charge < -0.3 is 24.7 Å². The Hall–Kier alpha value is -4.35. The maximum atomic E-state index is 12.4. The number of nitrogens with zero attached hydrogens (tertiary/aromatic N) is 1. The number of ketones is 2. The van der Waals surface area contributed by atoms with E-state index >= 15 is 0 Å². The summed E-state index contributed by atoms with van der Waals surface area (Å²) in [4.78, 5) is 77.2. The molecule has 0 radical (unpaired) electrons. The van der Waals surface area contributed by atoms with E-state index in [1.165, 1.54) is 0 Å². The molecule has 0 aromatic carbocycles. The average Bonchev–Trinajstić information content (AvgIpc) is 3.15. The van der Waals surface area contributed by atoms with E-state index in [2.05, 4.69) is 14.7 Å². The van der Waals surface area contributed by atoms with Crippen molar-refractivity contribution < 1.29 is 48.5 Å². The zero-order chi connectivity index (χ0) is 22.2. The number of aromatic nitrogens is 2. The van der Waals surface area contributed by atoms with Crippen LogP contribution in [0.2, 0.25) is 0 Å². The van der Waals surface area contributed by atoms with E-state index in [1.54, 1.807) is 6.92 Å². The standard InChI is InChI=1S/C18H12N2O10/c1-2-29-10(21)5-30-18(28)9-4-7-12(20-9)11-6(16(24)25)3-8(17(26)27)19-13(11)15(23)14(7)22/h3-4,20H,2,5H2,1H3,(H,24,25)(H,26,27). The number of carboxylic acid groups (broad SMARTS) is 2. The number of hydrogen-bond donors (Lipinski definition) is 3. The number of carboxylic acids is 2. The van der Waals surface area contributed by atoms with Crippen LogP contribution >= 0.6 is 0 Å². The Morgan fingerprint density at radius 3 is 2.33 bits per heavy atom. The van der Waals surface area contributed by atoms with Crippen LogP contribution in [-0.4, -0.2) is 68.8 Å². The molecular formula is C18H12N2O10. The summed E-state index contributed by atoms with van der Waals surface area (Å²) in [5.74, 6) is -7.40. The Morgan fingerprint density at radius 2 is 1.73 bits per heavy atom. The molecule has 0 saturated carbocycles. The van der Waals surface area contributed by atoms with Gasteiger partial charge in [0.25, 0.3) is 5.78 Å².